The number of ether oxygens (including phenoxy) is 1. The van der Waals surface area contributed by atoms with Gasteiger partial charge in [-0.1, -0.05) is 25.1 Å². The zero-order chi connectivity index (χ0) is 14.2. The first-order valence-corrected chi connectivity index (χ1v) is 7.43. The van der Waals surface area contributed by atoms with Crippen LogP contribution in [0.1, 0.15) is 19.8 Å². The van der Waals surface area contributed by atoms with Gasteiger partial charge in [-0.2, -0.15) is 0 Å². The summed E-state index contributed by atoms with van der Waals surface area (Å²) in [7, 11) is 1.85. The number of nitrogens with zero attached hydrogens (tertiary/aromatic N) is 2. The third-order valence-electron chi connectivity index (χ3n) is 3.57. The summed E-state index contributed by atoms with van der Waals surface area (Å²) in [5.41, 5.74) is 0. The maximum atomic E-state index is 5.67. The second-order valence-corrected chi connectivity index (χ2v) is 5.33. The van der Waals surface area contributed by atoms with Gasteiger partial charge in [0.2, 0.25) is 0 Å². The van der Waals surface area contributed by atoms with E-state index in [2.05, 4.69) is 22.1 Å². The largest absolute Gasteiger partial charge is 0.492 e. The quantitative estimate of drug-likeness (QED) is 0.364. The Balaban J connectivity index is 0.00000220. The Morgan fingerprint density at radius 2 is 2.14 bits per heavy atom. The molecule has 1 aliphatic heterocycles. The molecule has 1 unspecified atom stereocenters. The Morgan fingerprint density at radius 3 is 2.81 bits per heavy atom. The third kappa shape index (κ3) is 6.11. The number of hydrogen-bond acceptors (Lipinski definition) is 2. The minimum Gasteiger partial charge on any atom is -0.492 e. The van der Waals surface area contributed by atoms with Crippen molar-refractivity contribution in [3.63, 3.8) is 0 Å². The molecule has 0 spiro atoms. The lowest BCUT2D eigenvalue weighted by atomic mass is 10.0. The minimum absolute atomic E-state index is 0. The topological polar surface area (TPSA) is 36.9 Å². The van der Waals surface area contributed by atoms with Crippen LogP contribution in [0.15, 0.2) is 35.3 Å². The molecule has 4 nitrogen and oxygen atoms in total. The van der Waals surface area contributed by atoms with E-state index < -0.39 is 0 Å². The van der Waals surface area contributed by atoms with Crippen molar-refractivity contribution in [2.75, 3.05) is 33.3 Å². The fourth-order valence-corrected chi connectivity index (χ4v) is 2.56. The van der Waals surface area contributed by atoms with E-state index in [9.17, 15) is 0 Å². The van der Waals surface area contributed by atoms with Gasteiger partial charge in [0.25, 0.3) is 0 Å². The highest BCUT2D eigenvalue weighted by atomic mass is 127. The molecule has 1 saturated heterocycles. The van der Waals surface area contributed by atoms with Crippen LogP contribution in [0.25, 0.3) is 0 Å². The lowest BCUT2D eigenvalue weighted by Crippen LogP contribution is -2.47. The normalized spacial score (nSPS) is 18.9. The summed E-state index contributed by atoms with van der Waals surface area (Å²) in [5.74, 6) is 2.66. The van der Waals surface area contributed by atoms with Crippen LogP contribution in [0.4, 0.5) is 0 Å². The van der Waals surface area contributed by atoms with Gasteiger partial charge in [-0.05, 0) is 30.9 Å². The highest BCUT2D eigenvalue weighted by Crippen LogP contribution is 2.15. The Bertz CT molecular complexity index is 425. The molecule has 0 bridgehead atoms. The van der Waals surface area contributed by atoms with Crippen molar-refractivity contribution >= 4 is 29.9 Å². The van der Waals surface area contributed by atoms with Gasteiger partial charge in [-0.25, -0.2) is 0 Å². The van der Waals surface area contributed by atoms with E-state index in [1.165, 1.54) is 12.8 Å². The lowest BCUT2D eigenvalue weighted by molar-refractivity contribution is 0.262. The van der Waals surface area contributed by atoms with Crippen molar-refractivity contribution in [1.29, 1.82) is 0 Å². The van der Waals surface area contributed by atoms with Crippen molar-refractivity contribution in [3.05, 3.63) is 30.3 Å². The van der Waals surface area contributed by atoms with Crippen molar-refractivity contribution in [1.82, 2.24) is 10.2 Å². The number of benzene rings is 1. The van der Waals surface area contributed by atoms with Crippen LogP contribution < -0.4 is 10.1 Å². The summed E-state index contributed by atoms with van der Waals surface area (Å²) in [4.78, 5) is 6.71. The first kappa shape index (κ1) is 18.1. The Hall–Kier alpha value is -0.980. The number of rotatable bonds is 4. The Morgan fingerprint density at radius 1 is 1.38 bits per heavy atom. The Kier molecular flexibility index (Phi) is 8.49. The molecule has 118 valence electrons. The molecule has 0 amide bonds. The van der Waals surface area contributed by atoms with Crippen LogP contribution in [0.5, 0.6) is 5.75 Å². The number of guanidine groups is 1. The molecule has 1 fully saturated rings. The number of likely N-dealkylation sites (tertiary alicyclic amines) is 1. The first-order valence-electron chi connectivity index (χ1n) is 7.43. The predicted molar refractivity (Wildman–Crippen MR) is 98.7 cm³/mol. The summed E-state index contributed by atoms with van der Waals surface area (Å²) < 4.78 is 5.67. The standard InChI is InChI=1S/C16H25N3O.HI/c1-14-7-6-11-19(13-14)16(17-2)18-10-12-20-15-8-4-3-5-9-15;/h3-5,8-9,14H,6-7,10-13H2,1-2H3,(H,17,18);1H. The van der Waals surface area contributed by atoms with Crippen LogP contribution in [0, 0.1) is 5.92 Å². The van der Waals surface area contributed by atoms with Gasteiger partial charge in [-0.15, -0.1) is 24.0 Å². The van der Waals surface area contributed by atoms with Gasteiger partial charge in [-0.3, -0.25) is 4.99 Å². The average Bonchev–Trinajstić information content (AvgIpc) is 2.48. The molecule has 0 aliphatic carbocycles. The molecule has 1 atom stereocenters. The molecule has 2 rings (SSSR count). The van der Waals surface area contributed by atoms with Crippen molar-refractivity contribution in [2.45, 2.75) is 19.8 Å². The number of nitrogens with one attached hydrogen (secondary N) is 1. The summed E-state index contributed by atoms with van der Waals surface area (Å²) in [5, 5.41) is 3.38. The van der Waals surface area contributed by atoms with Crippen molar-refractivity contribution in [2.24, 2.45) is 10.9 Å². The molecule has 21 heavy (non-hydrogen) atoms. The van der Waals surface area contributed by atoms with E-state index in [0.717, 1.165) is 37.3 Å². The van der Waals surface area contributed by atoms with Crippen LogP contribution in [0.3, 0.4) is 0 Å². The Labute approximate surface area is 145 Å². The van der Waals surface area contributed by atoms with E-state index in [-0.39, 0.29) is 24.0 Å². The van der Waals surface area contributed by atoms with E-state index >= 15 is 0 Å². The fourth-order valence-electron chi connectivity index (χ4n) is 2.56. The SMILES string of the molecule is CN=C(NCCOc1ccccc1)N1CCCC(C)C1.I. The molecule has 1 aliphatic rings. The van der Waals surface area contributed by atoms with E-state index in [1.807, 2.05) is 37.4 Å². The summed E-state index contributed by atoms with van der Waals surface area (Å²) in [6.45, 7) is 5.92. The smallest absolute Gasteiger partial charge is 0.193 e. The molecule has 0 radical (unpaired) electrons. The number of aliphatic imine (C=N–C) groups is 1. The second-order valence-electron chi connectivity index (χ2n) is 5.33. The summed E-state index contributed by atoms with van der Waals surface area (Å²) >= 11 is 0. The predicted octanol–water partition coefficient (Wildman–Crippen LogP) is 2.99. The van der Waals surface area contributed by atoms with Crippen molar-refractivity contribution in [3.8, 4) is 5.75 Å². The molecule has 1 aromatic carbocycles. The number of piperidine rings is 1. The molecule has 1 N–H and O–H groups in total. The maximum absolute atomic E-state index is 5.67. The molecule has 1 aromatic rings. The highest BCUT2D eigenvalue weighted by Gasteiger charge is 2.18. The molecule has 0 aromatic heterocycles. The molecular weight excluding hydrogens is 377 g/mol. The maximum Gasteiger partial charge on any atom is 0.193 e. The number of para-hydroxylation sites is 1. The summed E-state index contributed by atoms with van der Waals surface area (Å²) in [6.07, 6.45) is 2.58. The van der Waals surface area contributed by atoms with Crippen LogP contribution in [-0.2, 0) is 0 Å². The fraction of sp³-hybridized carbons (Fsp3) is 0.562. The first-order chi connectivity index (χ1) is 9.79. The van der Waals surface area contributed by atoms with Gasteiger partial charge in [0, 0.05) is 20.1 Å². The molecule has 0 saturated carbocycles. The van der Waals surface area contributed by atoms with Gasteiger partial charge >= 0.3 is 0 Å². The second kappa shape index (κ2) is 9.87. The minimum atomic E-state index is 0. The molecule has 5 heteroatoms. The third-order valence-corrected chi connectivity index (χ3v) is 3.57. The van der Waals surface area contributed by atoms with Crippen LogP contribution in [-0.4, -0.2) is 44.1 Å². The zero-order valence-electron chi connectivity index (χ0n) is 12.9. The summed E-state index contributed by atoms with van der Waals surface area (Å²) in [6, 6.07) is 9.90. The molecular formula is C16H26IN3O. The van der Waals surface area contributed by atoms with Gasteiger partial charge < -0.3 is 15.0 Å². The monoisotopic (exact) mass is 403 g/mol. The van der Waals surface area contributed by atoms with Crippen molar-refractivity contribution < 1.29 is 4.74 Å². The van der Waals surface area contributed by atoms with E-state index in [4.69, 9.17) is 4.74 Å². The van der Waals surface area contributed by atoms with E-state index in [1.54, 1.807) is 0 Å². The number of hydrogen-bond donors (Lipinski definition) is 1. The zero-order valence-corrected chi connectivity index (χ0v) is 15.2. The van der Waals surface area contributed by atoms with Gasteiger partial charge in [0.1, 0.15) is 12.4 Å². The van der Waals surface area contributed by atoms with Crippen LogP contribution >= 0.6 is 24.0 Å². The van der Waals surface area contributed by atoms with E-state index in [0.29, 0.717) is 6.61 Å². The average molecular weight is 403 g/mol. The van der Waals surface area contributed by atoms with Crippen LogP contribution in [0.2, 0.25) is 0 Å². The number of halogens is 1. The lowest BCUT2D eigenvalue weighted by Gasteiger charge is -2.33. The van der Waals surface area contributed by atoms with Gasteiger partial charge in [0.05, 0.1) is 6.54 Å². The van der Waals surface area contributed by atoms with Gasteiger partial charge in [0.15, 0.2) is 5.96 Å². The molecule has 1 heterocycles. The highest BCUT2D eigenvalue weighted by molar-refractivity contribution is 14.0.